The van der Waals surface area contributed by atoms with Gasteiger partial charge in [-0.05, 0) is 27.5 Å². The summed E-state index contributed by atoms with van der Waals surface area (Å²) in [5.41, 5.74) is 0. The van der Waals surface area contributed by atoms with Gasteiger partial charge in [-0.2, -0.15) is 0 Å². The predicted octanol–water partition coefficient (Wildman–Crippen LogP) is 6.23. The van der Waals surface area contributed by atoms with Gasteiger partial charge in [0.1, 0.15) is 6.10 Å². The Labute approximate surface area is 215 Å². The third-order valence-corrected chi connectivity index (χ3v) is 12.0. The molecular formula is C30H36O3SSi. The van der Waals surface area contributed by atoms with Crippen LogP contribution in [0.25, 0.3) is 0 Å². The van der Waals surface area contributed by atoms with Crippen molar-refractivity contribution in [3.8, 4) is 0 Å². The smallest absolute Gasteiger partial charge is 0.316 e. The van der Waals surface area contributed by atoms with Crippen molar-refractivity contribution < 1.29 is 14.0 Å². The molecule has 35 heavy (non-hydrogen) atoms. The normalized spacial score (nSPS) is 12.7. The molecule has 0 radical (unpaired) electrons. The van der Waals surface area contributed by atoms with Gasteiger partial charge in [-0.25, -0.2) is 0 Å². The predicted molar refractivity (Wildman–Crippen MR) is 150 cm³/mol. The van der Waals surface area contributed by atoms with Crippen LogP contribution < -0.4 is 10.4 Å². The number of benzene rings is 3. The highest BCUT2D eigenvalue weighted by atomic mass is 32.2. The van der Waals surface area contributed by atoms with E-state index < -0.39 is 8.32 Å². The average Bonchev–Trinajstić information content (AvgIpc) is 2.86. The fraction of sp³-hybridized carbons (Fsp3) is 0.300. The van der Waals surface area contributed by atoms with Gasteiger partial charge in [-0.15, -0.1) is 18.3 Å². The van der Waals surface area contributed by atoms with Gasteiger partial charge in [0.25, 0.3) is 8.32 Å². The zero-order valence-corrected chi connectivity index (χ0v) is 22.8. The highest BCUT2D eigenvalue weighted by Crippen LogP contribution is 2.37. The van der Waals surface area contributed by atoms with E-state index in [1.807, 2.05) is 48.5 Å². The summed E-state index contributed by atoms with van der Waals surface area (Å²) in [4.78, 5) is 13.6. The van der Waals surface area contributed by atoms with Crippen molar-refractivity contribution in [3.05, 3.63) is 104 Å². The van der Waals surface area contributed by atoms with Gasteiger partial charge < -0.3 is 9.16 Å². The van der Waals surface area contributed by atoms with E-state index in [-0.39, 0.29) is 22.9 Å². The van der Waals surface area contributed by atoms with E-state index in [4.69, 9.17) is 9.16 Å². The molecule has 0 aliphatic rings. The van der Waals surface area contributed by atoms with E-state index in [0.717, 1.165) is 4.90 Å². The Hall–Kier alpha value is -2.60. The summed E-state index contributed by atoms with van der Waals surface area (Å²) in [7, 11) is -2.61. The van der Waals surface area contributed by atoms with Crippen LogP contribution >= 0.6 is 11.8 Å². The van der Waals surface area contributed by atoms with Crippen molar-refractivity contribution in [2.45, 2.75) is 49.7 Å². The standard InChI is InChI=1S/C30H36O3SSi/c1-5-15-25(33-29(31)24-34-26-16-9-6-10-17-26)22-23-32-35(30(2,3)4,27-18-11-7-12-19-27)28-20-13-8-14-21-28/h5-14,16-21,25H,1,15,22-24H2,2-4H3/t25-/m0/s1. The molecule has 3 rings (SSSR count). The zero-order chi connectivity index (χ0) is 25.2. The highest BCUT2D eigenvalue weighted by Gasteiger charge is 2.50. The fourth-order valence-electron chi connectivity index (χ4n) is 4.39. The number of rotatable bonds is 12. The van der Waals surface area contributed by atoms with Gasteiger partial charge >= 0.3 is 5.97 Å². The lowest BCUT2D eigenvalue weighted by atomic mass is 10.2. The van der Waals surface area contributed by atoms with Crippen molar-refractivity contribution >= 4 is 36.4 Å². The fourth-order valence-corrected chi connectivity index (χ4v) is 9.68. The highest BCUT2D eigenvalue weighted by molar-refractivity contribution is 8.00. The molecular weight excluding hydrogens is 468 g/mol. The second-order valence-corrected chi connectivity index (χ2v) is 14.9. The summed E-state index contributed by atoms with van der Waals surface area (Å²) in [6, 6.07) is 31.1. The first-order valence-electron chi connectivity index (χ1n) is 12.1. The summed E-state index contributed by atoms with van der Waals surface area (Å²) >= 11 is 1.49. The minimum Gasteiger partial charge on any atom is -0.461 e. The molecule has 0 aromatic heterocycles. The summed E-state index contributed by atoms with van der Waals surface area (Å²) in [5, 5.41) is 2.40. The Kier molecular flexibility index (Phi) is 9.96. The van der Waals surface area contributed by atoms with E-state index in [0.29, 0.717) is 19.4 Å². The van der Waals surface area contributed by atoms with Crippen LogP contribution in [0.5, 0.6) is 0 Å². The molecule has 1 atom stereocenters. The molecule has 0 heterocycles. The lowest BCUT2D eigenvalue weighted by Crippen LogP contribution is -2.66. The Morgan fingerprint density at radius 2 is 1.43 bits per heavy atom. The van der Waals surface area contributed by atoms with Crippen LogP contribution in [0.4, 0.5) is 0 Å². The zero-order valence-electron chi connectivity index (χ0n) is 21.0. The summed E-state index contributed by atoms with van der Waals surface area (Å²) in [6.45, 7) is 11.2. The van der Waals surface area contributed by atoms with Crippen LogP contribution in [-0.2, 0) is 14.0 Å². The SMILES string of the molecule is C=CC[C@@H](CCO[Si](c1ccccc1)(c1ccccc1)C(C)(C)C)OC(=O)CSc1ccccc1. The largest absolute Gasteiger partial charge is 0.461 e. The molecule has 5 heteroatoms. The lowest BCUT2D eigenvalue weighted by molar-refractivity contribution is -0.146. The van der Waals surface area contributed by atoms with Crippen molar-refractivity contribution in [1.82, 2.24) is 0 Å². The van der Waals surface area contributed by atoms with Gasteiger partial charge in [-0.3, -0.25) is 4.79 Å². The maximum atomic E-state index is 12.6. The van der Waals surface area contributed by atoms with Crippen molar-refractivity contribution in [1.29, 1.82) is 0 Å². The topological polar surface area (TPSA) is 35.5 Å². The third kappa shape index (κ3) is 7.20. The molecule has 3 aromatic rings. The van der Waals surface area contributed by atoms with Crippen LogP contribution in [0.3, 0.4) is 0 Å². The van der Waals surface area contributed by atoms with E-state index in [9.17, 15) is 4.79 Å². The van der Waals surface area contributed by atoms with Crippen LogP contribution in [0, 0.1) is 0 Å². The van der Waals surface area contributed by atoms with Crippen LogP contribution in [0.1, 0.15) is 33.6 Å². The third-order valence-electron chi connectivity index (χ3n) is 6.00. The Balaban J connectivity index is 1.73. The first-order valence-corrected chi connectivity index (χ1v) is 15.0. The van der Waals surface area contributed by atoms with E-state index in [1.165, 1.54) is 22.1 Å². The van der Waals surface area contributed by atoms with Gasteiger partial charge in [-0.1, -0.05) is 106 Å². The van der Waals surface area contributed by atoms with Crippen LogP contribution in [-0.4, -0.2) is 32.8 Å². The van der Waals surface area contributed by atoms with Gasteiger partial charge in [0.15, 0.2) is 0 Å². The van der Waals surface area contributed by atoms with Crippen molar-refractivity contribution in [2.75, 3.05) is 12.4 Å². The Morgan fingerprint density at radius 1 is 0.914 bits per heavy atom. The van der Waals surface area contributed by atoms with E-state index >= 15 is 0 Å². The summed E-state index contributed by atoms with van der Waals surface area (Å²) < 4.78 is 12.8. The first kappa shape index (κ1) is 27.0. The van der Waals surface area contributed by atoms with Gasteiger partial charge in [0, 0.05) is 24.3 Å². The number of carbonyl (C=O) groups excluding carboxylic acids is 1. The number of ether oxygens (including phenoxy) is 1. The number of carbonyl (C=O) groups is 1. The van der Waals surface area contributed by atoms with Crippen molar-refractivity contribution in [3.63, 3.8) is 0 Å². The Morgan fingerprint density at radius 3 is 1.91 bits per heavy atom. The molecule has 3 nitrogen and oxygen atoms in total. The van der Waals surface area contributed by atoms with E-state index in [2.05, 4.69) is 75.9 Å². The molecule has 0 fully saturated rings. The van der Waals surface area contributed by atoms with Crippen LogP contribution in [0.15, 0.2) is 109 Å². The van der Waals surface area contributed by atoms with Gasteiger partial charge in [0.05, 0.1) is 5.75 Å². The number of thioether (sulfide) groups is 1. The molecule has 0 bridgehead atoms. The minimum absolute atomic E-state index is 0.0906. The molecule has 0 amide bonds. The molecule has 0 aliphatic heterocycles. The first-order chi connectivity index (χ1) is 16.9. The summed E-state index contributed by atoms with van der Waals surface area (Å²) in [5.74, 6) is 0.0730. The molecule has 3 aromatic carbocycles. The quantitative estimate of drug-likeness (QED) is 0.127. The molecule has 0 saturated heterocycles. The molecule has 0 spiro atoms. The van der Waals surface area contributed by atoms with Crippen molar-refractivity contribution in [2.24, 2.45) is 0 Å². The lowest BCUT2D eigenvalue weighted by Gasteiger charge is -2.43. The van der Waals surface area contributed by atoms with E-state index in [1.54, 1.807) is 0 Å². The van der Waals surface area contributed by atoms with Crippen LogP contribution in [0.2, 0.25) is 5.04 Å². The van der Waals surface area contributed by atoms with Gasteiger partial charge in [0.2, 0.25) is 0 Å². The molecule has 0 unspecified atom stereocenters. The number of hydrogen-bond acceptors (Lipinski definition) is 4. The minimum atomic E-state index is -2.61. The maximum absolute atomic E-state index is 12.6. The molecule has 0 aliphatic carbocycles. The maximum Gasteiger partial charge on any atom is 0.316 e. The average molecular weight is 505 g/mol. The molecule has 0 N–H and O–H groups in total. The number of hydrogen-bond donors (Lipinski definition) is 0. The monoisotopic (exact) mass is 504 g/mol. The Bertz CT molecular complexity index is 1010. The molecule has 0 saturated carbocycles. The second-order valence-electron chi connectivity index (χ2n) is 9.54. The summed E-state index contributed by atoms with van der Waals surface area (Å²) in [6.07, 6.45) is 2.78. The molecule has 184 valence electrons. The number of esters is 1. The second kappa shape index (κ2) is 12.9.